The molecule has 0 aromatic carbocycles. The number of nitrogens with two attached hydrogens (primary N) is 1. The maximum Gasteiger partial charge on any atom is 0.257 e. The number of H-pyrrole nitrogens is 1. The Labute approximate surface area is 95.0 Å². The maximum absolute atomic E-state index is 12.1. The maximum atomic E-state index is 12.1. The van der Waals surface area contributed by atoms with Crippen LogP contribution in [0.2, 0.25) is 0 Å². The van der Waals surface area contributed by atoms with Gasteiger partial charge in [0.05, 0.1) is 11.8 Å². The molecule has 0 radical (unpaired) electrons. The molecular weight excluding hydrogens is 204 g/mol. The Bertz CT molecular complexity index is 366. The lowest BCUT2D eigenvalue weighted by Crippen LogP contribution is -2.40. The van der Waals surface area contributed by atoms with E-state index in [4.69, 9.17) is 5.73 Å². The average Bonchev–Trinajstić information content (AvgIpc) is 2.75. The SMILES string of the molecule is Cc1[nH]ncc1C(=O)N1CCC(CN)CC1. The van der Waals surface area contributed by atoms with Crippen molar-refractivity contribution in [1.82, 2.24) is 15.1 Å². The van der Waals surface area contributed by atoms with E-state index < -0.39 is 0 Å². The molecular formula is C11H18N4O. The standard InChI is InChI=1S/C11H18N4O/c1-8-10(7-13-14-8)11(16)15-4-2-9(6-12)3-5-15/h7,9H,2-6,12H2,1H3,(H,13,14). The quantitative estimate of drug-likeness (QED) is 0.766. The number of likely N-dealkylation sites (tertiary alicyclic amines) is 1. The minimum atomic E-state index is 0.0849. The van der Waals surface area contributed by atoms with Crippen LogP contribution >= 0.6 is 0 Å². The van der Waals surface area contributed by atoms with Crippen LogP contribution in [0.3, 0.4) is 0 Å². The van der Waals surface area contributed by atoms with Crippen molar-refractivity contribution in [3.63, 3.8) is 0 Å². The summed E-state index contributed by atoms with van der Waals surface area (Å²) >= 11 is 0. The highest BCUT2D eigenvalue weighted by atomic mass is 16.2. The minimum Gasteiger partial charge on any atom is -0.339 e. The molecule has 1 saturated heterocycles. The van der Waals surface area contributed by atoms with E-state index in [-0.39, 0.29) is 5.91 Å². The summed E-state index contributed by atoms with van der Waals surface area (Å²) in [4.78, 5) is 14.0. The number of nitrogens with zero attached hydrogens (tertiary/aromatic N) is 2. The summed E-state index contributed by atoms with van der Waals surface area (Å²) in [5.41, 5.74) is 7.15. The van der Waals surface area contributed by atoms with Crippen LogP contribution in [0.15, 0.2) is 6.20 Å². The van der Waals surface area contributed by atoms with Crippen molar-refractivity contribution < 1.29 is 4.79 Å². The van der Waals surface area contributed by atoms with Crippen LogP contribution in [0.25, 0.3) is 0 Å². The zero-order valence-corrected chi connectivity index (χ0v) is 9.57. The molecule has 0 unspecified atom stereocenters. The monoisotopic (exact) mass is 222 g/mol. The molecule has 1 amide bonds. The largest absolute Gasteiger partial charge is 0.339 e. The Morgan fingerprint density at radius 2 is 2.31 bits per heavy atom. The molecule has 2 rings (SSSR count). The van der Waals surface area contributed by atoms with Crippen LogP contribution < -0.4 is 5.73 Å². The van der Waals surface area contributed by atoms with Crippen molar-refractivity contribution in [1.29, 1.82) is 0 Å². The lowest BCUT2D eigenvalue weighted by Gasteiger charge is -2.31. The van der Waals surface area contributed by atoms with E-state index in [2.05, 4.69) is 10.2 Å². The molecule has 88 valence electrons. The molecule has 1 aromatic rings. The Morgan fingerprint density at radius 1 is 1.62 bits per heavy atom. The van der Waals surface area contributed by atoms with E-state index >= 15 is 0 Å². The second-order valence-corrected chi connectivity index (χ2v) is 4.38. The summed E-state index contributed by atoms with van der Waals surface area (Å²) < 4.78 is 0. The highest BCUT2D eigenvalue weighted by Crippen LogP contribution is 2.18. The fourth-order valence-corrected chi connectivity index (χ4v) is 2.11. The summed E-state index contributed by atoms with van der Waals surface area (Å²) in [6.45, 7) is 4.22. The first-order chi connectivity index (χ1) is 7.72. The number of rotatable bonds is 2. The molecule has 1 aliphatic rings. The van der Waals surface area contributed by atoms with Crippen LogP contribution in [0.4, 0.5) is 0 Å². The van der Waals surface area contributed by atoms with Gasteiger partial charge in [0.2, 0.25) is 0 Å². The molecule has 1 aromatic heterocycles. The van der Waals surface area contributed by atoms with Crippen molar-refractivity contribution in [2.24, 2.45) is 11.7 Å². The first-order valence-electron chi connectivity index (χ1n) is 5.71. The Balaban J connectivity index is 2.00. The van der Waals surface area contributed by atoms with Crippen LogP contribution in [-0.2, 0) is 0 Å². The molecule has 3 N–H and O–H groups in total. The number of hydrogen-bond acceptors (Lipinski definition) is 3. The molecule has 0 saturated carbocycles. The normalized spacial score (nSPS) is 17.8. The van der Waals surface area contributed by atoms with E-state index in [0.29, 0.717) is 11.5 Å². The average molecular weight is 222 g/mol. The van der Waals surface area contributed by atoms with Gasteiger partial charge in [0, 0.05) is 18.8 Å². The van der Waals surface area contributed by atoms with Gasteiger partial charge in [-0.25, -0.2) is 0 Å². The predicted molar refractivity (Wildman–Crippen MR) is 61.0 cm³/mol. The van der Waals surface area contributed by atoms with Gasteiger partial charge in [0.15, 0.2) is 0 Å². The Hall–Kier alpha value is -1.36. The third-order valence-corrected chi connectivity index (χ3v) is 3.30. The van der Waals surface area contributed by atoms with E-state index in [9.17, 15) is 4.79 Å². The van der Waals surface area contributed by atoms with Gasteiger partial charge < -0.3 is 10.6 Å². The summed E-state index contributed by atoms with van der Waals surface area (Å²) in [7, 11) is 0. The zero-order valence-electron chi connectivity index (χ0n) is 9.57. The van der Waals surface area contributed by atoms with E-state index in [1.807, 2.05) is 11.8 Å². The second-order valence-electron chi connectivity index (χ2n) is 4.38. The molecule has 0 aliphatic carbocycles. The van der Waals surface area contributed by atoms with E-state index in [1.165, 1.54) is 0 Å². The highest BCUT2D eigenvalue weighted by molar-refractivity contribution is 5.95. The van der Waals surface area contributed by atoms with Crippen molar-refractivity contribution >= 4 is 5.91 Å². The fourth-order valence-electron chi connectivity index (χ4n) is 2.11. The number of amides is 1. The van der Waals surface area contributed by atoms with Crippen molar-refractivity contribution in [3.05, 3.63) is 17.5 Å². The summed E-state index contributed by atoms with van der Waals surface area (Å²) in [5.74, 6) is 0.663. The van der Waals surface area contributed by atoms with Gasteiger partial charge in [-0.3, -0.25) is 9.89 Å². The number of aromatic nitrogens is 2. The molecule has 2 heterocycles. The number of aromatic amines is 1. The second kappa shape index (κ2) is 4.65. The van der Waals surface area contributed by atoms with Crippen LogP contribution in [0, 0.1) is 12.8 Å². The number of hydrogen-bond donors (Lipinski definition) is 2. The van der Waals surface area contributed by atoms with Crippen LogP contribution in [0.1, 0.15) is 28.9 Å². The minimum absolute atomic E-state index is 0.0849. The van der Waals surface area contributed by atoms with Gasteiger partial charge >= 0.3 is 0 Å². The van der Waals surface area contributed by atoms with Gasteiger partial charge in [-0.05, 0) is 32.2 Å². The molecule has 5 heteroatoms. The van der Waals surface area contributed by atoms with Crippen molar-refractivity contribution in [2.45, 2.75) is 19.8 Å². The summed E-state index contributed by atoms with van der Waals surface area (Å²) in [5, 5.41) is 6.67. The smallest absolute Gasteiger partial charge is 0.257 e. The van der Waals surface area contributed by atoms with Crippen LogP contribution in [-0.4, -0.2) is 40.6 Å². The first kappa shape index (κ1) is 11.1. The number of aryl methyl sites for hydroxylation is 1. The molecule has 0 atom stereocenters. The zero-order chi connectivity index (χ0) is 11.5. The Kier molecular flexibility index (Phi) is 3.24. The van der Waals surface area contributed by atoms with Gasteiger partial charge in [0.1, 0.15) is 0 Å². The summed E-state index contributed by atoms with van der Waals surface area (Å²) in [6.07, 6.45) is 3.63. The van der Waals surface area contributed by atoms with Gasteiger partial charge in [-0.2, -0.15) is 5.10 Å². The third-order valence-electron chi connectivity index (χ3n) is 3.30. The molecule has 0 bridgehead atoms. The lowest BCUT2D eigenvalue weighted by molar-refractivity contribution is 0.0693. The number of carbonyl (C=O) groups excluding carboxylic acids is 1. The van der Waals surface area contributed by atoms with Crippen molar-refractivity contribution in [2.75, 3.05) is 19.6 Å². The number of nitrogens with one attached hydrogen (secondary N) is 1. The fraction of sp³-hybridized carbons (Fsp3) is 0.636. The number of piperidine rings is 1. The first-order valence-corrected chi connectivity index (χ1v) is 5.71. The van der Waals surface area contributed by atoms with E-state index in [0.717, 1.165) is 38.2 Å². The number of carbonyl (C=O) groups is 1. The molecule has 1 aliphatic heterocycles. The molecule has 1 fully saturated rings. The molecule has 5 nitrogen and oxygen atoms in total. The van der Waals surface area contributed by atoms with Gasteiger partial charge in [0.25, 0.3) is 5.91 Å². The summed E-state index contributed by atoms with van der Waals surface area (Å²) in [6, 6.07) is 0. The lowest BCUT2D eigenvalue weighted by atomic mass is 9.97. The van der Waals surface area contributed by atoms with Gasteiger partial charge in [-0.15, -0.1) is 0 Å². The third kappa shape index (κ3) is 2.09. The topological polar surface area (TPSA) is 75.0 Å². The Morgan fingerprint density at radius 3 is 2.81 bits per heavy atom. The molecule has 0 spiro atoms. The van der Waals surface area contributed by atoms with Crippen molar-refractivity contribution in [3.8, 4) is 0 Å². The predicted octanol–water partition coefficient (Wildman–Crippen LogP) is 0.529. The highest BCUT2D eigenvalue weighted by Gasteiger charge is 2.24. The van der Waals surface area contributed by atoms with Gasteiger partial charge in [-0.1, -0.05) is 0 Å². The van der Waals surface area contributed by atoms with E-state index in [1.54, 1.807) is 6.20 Å². The molecule has 16 heavy (non-hydrogen) atoms. The van der Waals surface area contributed by atoms with Crippen LogP contribution in [0.5, 0.6) is 0 Å².